The van der Waals surface area contributed by atoms with Crippen LogP contribution in [0.1, 0.15) is 40.3 Å². The second-order valence-electron chi connectivity index (χ2n) is 9.27. The van der Waals surface area contributed by atoms with Crippen LogP contribution < -0.4 is 10.5 Å². The van der Waals surface area contributed by atoms with Crippen LogP contribution in [0.2, 0.25) is 0 Å². The first-order valence-electron chi connectivity index (χ1n) is 11.7. The van der Waals surface area contributed by atoms with E-state index in [-0.39, 0.29) is 11.2 Å². The van der Waals surface area contributed by atoms with E-state index < -0.39 is 23.0 Å². The highest BCUT2D eigenvalue weighted by Gasteiger charge is 2.42. The van der Waals surface area contributed by atoms with Crippen molar-refractivity contribution in [3.05, 3.63) is 108 Å². The number of aryl methyl sites for hydroxylation is 2. The van der Waals surface area contributed by atoms with Gasteiger partial charge in [-0.3, -0.25) is 29.3 Å². The van der Waals surface area contributed by atoms with Gasteiger partial charge in [0.25, 0.3) is 17.2 Å². The molecular formula is C27H20BrN5O4. The van der Waals surface area contributed by atoms with Gasteiger partial charge in [0.2, 0.25) is 6.17 Å². The number of nitrogens with zero attached hydrogens (tertiary/aromatic N) is 5. The van der Waals surface area contributed by atoms with Gasteiger partial charge in [-0.05, 0) is 65.0 Å². The largest absolute Gasteiger partial charge is 0.300 e. The minimum Gasteiger partial charge on any atom is -0.300 e. The third kappa shape index (κ3) is 3.59. The molecule has 9 nitrogen and oxygen atoms in total. The quantitative estimate of drug-likeness (QED) is 0.261. The van der Waals surface area contributed by atoms with Gasteiger partial charge in [-0.1, -0.05) is 30.3 Å². The number of rotatable bonds is 3. The van der Waals surface area contributed by atoms with Gasteiger partial charge in [0.15, 0.2) is 0 Å². The Bertz CT molecular complexity index is 1730. The number of aromatic nitrogens is 2. The standard InChI is InChI=1S/C27H20BrN5O4/c1-14-8-20-23(21(28)9-14)30-15(2)31(26(20)34)25-27(35)32-22(16-6-4-3-5-7-16)12-17-10-19(33(36)37)11-18(13-29-25)24(17)32/h3-11,13,22,25H,12H2,1-2H3. The van der Waals surface area contributed by atoms with Crippen molar-refractivity contribution in [2.75, 3.05) is 4.90 Å². The molecule has 2 aliphatic heterocycles. The van der Waals surface area contributed by atoms with E-state index in [2.05, 4.69) is 25.9 Å². The zero-order valence-electron chi connectivity index (χ0n) is 19.9. The van der Waals surface area contributed by atoms with Gasteiger partial charge >= 0.3 is 0 Å². The number of hydrogen-bond donors (Lipinski definition) is 0. The molecule has 0 radical (unpaired) electrons. The third-order valence-electron chi connectivity index (χ3n) is 6.90. The SMILES string of the molecule is Cc1cc(Br)c2nc(C)n(C3N=Cc4cc([N+](=O)[O-])cc5c4N(C3=O)C(c3ccccc3)C5)c(=O)c2c1. The third-order valence-corrected chi connectivity index (χ3v) is 7.51. The maximum atomic E-state index is 14.2. The molecular weight excluding hydrogens is 538 g/mol. The highest BCUT2D eigenvalue weighted by Crippen LogP contribution is 2.46. The van der Waals surface area contributed by atoms with E-state index in [0.717, 1.165) is 11.1 Å². The maximum Gasteiger partial charge on any atom is 0.273 e. The summed E-state index contributed by atoms with van der Waals surface area (Å²) in [6, 6.07) is 15.7. The number of amides is 1. The van der Waals surface area contributed by atoms with Gasteiger partial charge in [0, 0.05) is 28.4 Å². The van der Waals surface area contributed by atoms with Gasteiger partial charge in [0.1, 0.15) is 5.82 Å². The summed E-state index contributed by atoms with van der Waals surface area (Å²) in [4.78, 5) is 50.0. The summed E-state index contributed by atoms with van der Waals surface area (Å²) in [5.41, 5.74) is 3.58. The summed E-state index contributed by atoms with van der Waals surface area (Å²) in [6.07, 6.45) is 0.660. The van der Waals surface area contributed by atoms with Gasteiger partial charge in [0.05, 0.1) is 27.6 Å². The average Bonchev–Trinajstić information content (AvgIpc) is 3.19. The number of aliphatic imine (C=N–C) groups is 1. The zero-order chi connectivity index (χ0) is 26.0. The van der Waals surface area contributed by atoms with Gasteiger partial charge in [-0.25, -0.2) is 4.98 Å². The molecule has 10 heteroatoms. The Morgan fingerprint density at radius 3 is 2.57 bits per heavy atom. The van der Waals surface area contributed by atoms with E-state index in [4.69, 9.17) is 0 Å². The normalized spacial score (nSPS) is 18.2. The van der Waals surface area contributed by atoms with Crippen molar-refractivity contribution in [2.24, 2.45) is 4.99 Å². The number of hydrogen-bond acceptors (Lipinski definition) is 6. The highest BCUT2D eigenvalue weighted by molar-refractivity contribution is 9.10. The van der Waals surface area contributed by atoms with Crippen LogP contribution in [-0.4, -0.2) is 26.6 Å². The van der Waals surface area contributed by atoms with Crippen LogP contribution in [-0.2, 0) is 11.2 Å². The molecule has 0 bridgehead atoms. The molecule has 0 saturated carbocycles. The van der Waals surface area contributed by atoms with Crippen molar-refractivity contribution < 1.29 is 9.72 Å². The van der Waals surface area contributed by atoms with Crippen molar-refractivity contribution in [2.45, 2.75) is 32.5 Å². The Kier molecular flexibility index (Phi) is 5.30. The van der Waals surface area contributed by atoms with E-state index in [1.165, 1.54) is 22.9 Å². The molecule has 3 aromatic carbocycles. The first-order chi connectivity index (χ1) is 17.7. The lowest BCUT2D eigenvalue weighted by atomic mass is 10.0. The van der Waals surface area contributed by atoms with E-state index in [1.54, 1.807) is 17.9 Å². The van der Waals surface area contributed by atoms with E-state index in [1.807, 2.05) is 43.3 Å². The highest BCUT2D eigenvalue weighted by atomic mass is 79.9. The minimum atomic E-state index is -1.22. The summed E-state index contributed by atoms with van der Waals surface area (Å²) in [7, 11) is 0. The molecule has 1 amide bonds. The first-order valence-corrected chi connectivity index (χ1v) is 12.5. The number of carbonyl (C=O) groups excluding carboxylic acids is 1. The summed E-state index contributed by atoms with van der Waals surface area (Å²) in [6.45, 7) is 3.55. The summed E-state index contributed by atoms with van der Waals surface area (Å²) in [5, 5.41) is 12.0. The van der Waals surface area contributed by atoms with E-state index in [9.17, 15) is 19.7 Å². The molecule has 2 atom stereocenters. The van der Waals surface area contributed by atoms with Crippen LogP contribution in [0.4, 0.5) is 11.4 Å². The molecule has 0 N–H and O–H groups in total. The van der Waals surface area contributed by atoms with Crippen LogP contribution >= 0.6 is 15.9 Å². The Morgan fingerprint density at radius 1 is 1.08 bits per heavy atom. The second-order valence-corrected chi connectivity index (χ2v) is 10.1. The number of halogens is 1. The molecule has 2 unspecified atom stereocenters. The van der Waals surface area contributed by atoms with Crippen LogP contribution in [0.25, 0.3) is 10.9 Å². The van der Waals surface area contributed by atoms with Crippen LogP contribution in [0, 0.1) is 24.0 Å². The first kappa shape index (κ1) is 23.2. The Morgan fingerprint density at radius 2 is 1.84 bits per heavy atom. The number of nitro benzene ring substituents is 1. The zero-order valence-corrected chi connectivity index (χ0v) is 21.5. The topological polar surface area (TPSA) is 111 Å². The molecule has 3 heterocycles. The number of carbonyl (C=O) groups is 1. The van der Waals surface area contributed by atoms with Crippen molar-refractivity contribution >= 4 is 50.3 Å². The fourth-order valence-electron chi connectivity index (χ4n) is 5.32. The fourth-order valence-corrected chi connectivity index (χ4v) is 5.99. The van der Waals surface area contributed by atoms with E-state index >= 15 is 0 Å². The number of benzene rings is 3. The Balaban J connectivity index is 1.59. The average molecular weight is 558 g/mol. The lowest BCUT2D eigenvalue weighted by molar-refractivity contribution is -0.384. The molecule has 4 aromatic rings. The Hall–Kier alpha value is -4.18. The van der Waals surface area contributed by atoms with Crippen LogP contribution in [0.15, 0.2) is 68.9 Å². The van der Waals surface area contributed by atoms with Crippen LogP contribution in [0.3, 0.4) is 0 Å². The number of anilines is 1. The smallest absolute Gasteiger partial charge is 0.273 e. The number of non-ortho nitro benzene ring substituents is 1. The molecule has 6 rings (SSSR count). The summed E-state index contributed by atoms with van der Waals surface area (Å²) < 4.78 is 2.01. The van der Waals surface area contributed by atoms with Crippen molar-refractivity contribution in [1.82, 2.24) is 9.55 Å². The van der Waals surface area contributed by atoms with Gasteiger partial charge in [-0.15, -0.1) is 0 Å². The minimum absolute atomic E-state index is 0.0687. The molecule has 0 aliphatic carbocycles. The number of nitro groups is 1. The fraction of sp³-hybridized carbons (Fsp3) is 0.185. The lowest BCUT2D eigenvalue weighted by Gasteiger charge is -2.29. The second kappa shape index (κ2) is 8.45. The summed E-state index contributed by atoms with van der Waals surface area (Å²) in [5.74, 6) is -0.0558. The monoisotopic (exact) mass is 557 g/mol. The van der Waals surface area contributed by atoms with Crippen molar-refractivity contribution in [1.29, 1.82) is 0 Å². The van der Waals surface area contributed by atoms with Crippen LogP contribution in [0.5, 0.6) is 0 Å². The van der Waals surface area contributed by atoms with Crippen molar-refractivity contribution in [3.8, 4) is 0 Å². The predicted molar refractivity (Wildman–Crippen MR) is 143 cm³/mol. The Labute approximate surface area is 219 Å². The van der Waals surface area contributed by atoms with Gasteiger partial charge < -0.3 is 4.90 Å². The summed E-state index contributed by atoms with van der Waals surface area (Å²) >= 11 is 3.49. The van der Waals surface area contributed by atoms with Gasteiger partial charge in [-0.2, -0.15) is 0 Å². The molecule has 1 aromatic heterocycles. The molecule has 0 spiro atoms. The maximum absolute atomic E-state index is 14.2. The molecule has 0 saturated heterocycles. The molecule has 0 fully saturated rings. The molecule has 184 valence electrons. The number of fused-ring (bicyclic) bond motifs is 1. The lowest BCUT2D eigenvalue weighted by Crippen LogP contribution is -2.41. The van der Waals surface area contributed by atoms with E-state index in [0.29, 0.717) is 44.4 Å². The molecule has 37 heavy (non-hydrogen) atoms. The molecule has 2 aliphatic rings. The van der Waals surface area contributed by atoms with Crippen molar-refractivity contribution in [3.63, 3.8) is 0 Å². The predicted octanol–water partition coefficient (Wildman–Crippen LogP) is 4.95.